The average molecular weight is 432 g/mol. The Balaban J connectivity index is 1.65. The summed E-state index contributed by atoms with van der Waals surface area (Å²) in [6.07, 6.45) is 8.59. The van der Waals surface area contributed by atoms with E-state index in [1.165, 1.54) is 0 Å². The van der Waals surface area contributed by atoms with Crippen LogP contribution in [0.5, 0.6) is 0 Å². The van der Waals surface area contributed by atoms with Gasteiger partial charge in [0, 0.05) is 35.4 Å². The Morgan fingerprint density at radius 1 is 1.06 bits per heavy atom. The van der Waals surface area contributed by atoms with Gasteiger partial charge in [-0.1, -0.05) is 37.6 Å². The van der Waals surface area contributed by atoms with Crippen LogP contribution < -0.4 is 5.69 Å². The molecule has 0 saturated carbocycles. The van der Waals surface area contributed by atoms with E-state index in [0.717, 1.165) is 47.2 Å². The molecule has 166 valence electrons. The number of unbranched alkanes of at least 4 members (excludes halogenated alkanes) is 1. The molecule has 0 aliphatic carbocycles. The van der Waals surface area contributed by atoms with Crippen LogP contribution in [-0.2, 0) is 18.5 Å². The van der Waals surface area contributed by atoms with Gasteiger partial charge in [0.2, 0.25) is 0 Å². The molecule has 0 aliphatic heterocycles. The van der Waals surface area contributed by atoms with Gasteiger partial charge in [0.1, 0.15) is 0 Å². The number of aromatic amines is 1. The molecule has 0 saturated heterocycles. The lowest BCUT2D eigenvalue weighted by molar-refractivity contribution is 0.380. The number of aryl methyl sites for hydroxylation is 1. The molecule has 1 N–H and O–H groups in total. The summed E-state index contributed by atoms with van der Waals surface area (Å²) in [5.41, 5.74) is 4.83. The molecule has 0 unspecified atom stereocenters. The van der Waals surface area contributed by atoms with E-state index in [4.69, 9.17) is 0 Å². The Kier molecular flexibility index (Phi) is 6.03. The minimum absolute atomic E-state index is 0.0434. The standard InChI is InChI=1S/C24H29N7O/c1-5-6-7-19-16-31(24(2,3)4)23(32)30(19)15-17-8-10-18(11-9-17)20-12-13-25-14-21(20)22-26-28-29-27-22/h8-14,16H,5-7,15H2,1-4H3,(H,26,27,28,29). The Morgan fingerprint density at radius 2 is 1.84 bits per heavy atom. The average Bonchev–Trinajstić information content (AvgIpc) is 3.42. The van der Waals surface area contributed by atoms with Crippen molar-refractivity contribution in [1.29, 1.82) is 0 Å². The first kappa shape index (κ1) is 21.7. The Hall–Kier alpha value is -3.55. The second kappa shape index (κ2) is 8.90. The highest BCUT2D eigenvalue weighted by molar-refractivity contribution is 5.79. The minimum Gasteiger partial charge on any atom is -0.294 e. The molecule has 0 bridgehead atoms. The number of tetrazole rings is 1. The summed E-state index contributed by atoms with van der Waals surface area (Å²) < 4.78 is 3.76. The van der Waals surface area contributed by atoms with Crippen molar-refractivity contribution >= 4 is 0 Å². The fraction of sp³-hybridized carbons (Fsp3) is 0.375. The molecule has 3 aromatic heterocycles. The van der Waals surface area contributed by atoms with E-state index in [2.05, 4.69) is 77.6 Å². The number of H-pyrrole nitrogens is 1. The quantitative estimate of drug-likeness (QED) is 0.477. The van der Waals surface area contributed by atoms with Crippen LogP contribution in [0.15, 0.2) is 53.7 Å². The molecule has 0 aliphatic rings. The van der Waals surface area contributed by atoms with Crippen LogP contribution in [0.1, 0.15) is 51.8 Å². The van der Waals surface area contributed by atoms with Crippen molar-refractivity contribution in [3.63, 3.8) is 0 Å². The summed E-state index contributed by atoms with van der Waals surface area (Å²) >= 11 is 0. The van der Waals surface area contributed by atoms with Gasteiger partial charge in [-0.2, -0.15) is 0 Å². The van der Waals surface area contributed by atoms with Crippen molar-refractivity contribution in [2.24, 2.45) is 0 Å². The van der Waals surface area contributed by atoms with Crippen molar-refractivity contribution in [2.45, 2.75) is 59.0 Å². The fourth-order valence-corrected chi connectivity index (χ4v) is 3.81. The first-order chi connectivity index (χ1) is 15.4. The van der Waals surface area contributed by atoms with Crippen molar-refractivity contribution in [3.8, 4) is 22.5 Å². The number of benzene rings is 1. The highest BCUT2D eigenvalue weighted by atomic mass is 16.1. The third kappa shape index (κ3) is 4.39. The maximum atomic E-state index is 13.2. The zero-order chi connectivity index (χ0) is 22.7. The molecule has 32 heavy (non-hydrogen) atoms. The molecule has 0 amide bonds. The summed E-state index contributed by atoms with van der Waals surface area (Å²) in [7, 11) is 0. The van der Waals surface area contributed by atoms with Crippen molar-refractivity contribution in [2.75, 3.05) is 0 Å². The van der Waals surface area contributed by atoms with E-state index in [9.17, 15) is 4.79 Å². The summed E-state index contributed by atoms with van der Waals surface area (Å²) in [4.78, 5) is 17.4. The van der Waals surface area contributed by atoms with Gasteiger partial charge in [-0.3, -0.25) is 14.1 Å². The van der Waals surface area contributed by atoms with E-state index in [0.29, 0.717) is 12.4 Å². The van der Waals surface area contributed by atoms with Crippen LogP contribution in [0.3, 0.4) is 0 Å². The number of aromatic nitrogens is 7. The Morgan fingerprint density at radius 3 is 2.50 bits per heavy atom. The zero-order valence-electron chi connectivity index (χ0n) is 19.0. The largest absolute Gasteiger partial charge is 0.329 e. The van der Waals surface area contributed by atoms with Gasteiger partial charge in [-0.05, 0) is 66.8 Å². The predicted octanol–water partition coefficient (Wildman–Crippen LogP) is 4.04. The van der Waals surface area contributed by atoms with Crippen LogP contribution in [0.4, 0.5) is 0 Å². The van der Waals surface area contributed by atoms with Gasteiger partial charge in [-0.15, -0.1) is 5.10 Å². The molecule has 0 radical (unpaired) electrons. The number of nitrogens with zero attached hydrogens (tertiary/aromatic N) is 6. The van der Waals surface area contributed by atoms with Gasteiger partial charge in [0.15, 0.2) is 5.82 Å². The highest BCUT2D eigenvalue weighted by Crippen LogP contribution is 2.29. The Bertz CT molecular complexity index is 1230. The summed E-state index contributed by atoms with van der Waals surface area (Å²) in [5, 5.41) is 14.1. The number of pyridine rings is 1. The van der Waals surface area contributed by atoms with Gasteiger partial charge >= 0.3 is 5.69 Å². The first-order valence-electron chi connectivity index (χ1n) is 11.0. The molecule has 3 heterocycles. The Labute approximate surface area is 187 Å². The SMILES string of the molecule is CCCCc1cn(C(C)(C)C)c(=O)n1Cc1ccc(-c2ccncc2-c2nnn[nH]2)cc1. The van der Waals surface area contributed by atoms with Crippen LogP contribution in [0.25, 0.3) is 22.5 Å². The predicted molar refractivity (Wildman–Crippen MR) is 124 cm³/mol. The lowest BCUT2D eigenvalue weighted by atomic mass is 10.00. The van der Waals surface area contributed by atoms with E-state index in [1.54, 1.807) is 12.4 Å². The van der Waals surface area contributed by atoms with Crippen molar-refractivity contribution < 1.29 is 0 Å². The summed E-state index contributed by atoms with van der Waals surface area (Å²) in [6, 6.07) is 10.2. The van der Waals surface area contributed by atoms with E-state index >= 15 is 0 Å². The molecule has 0 spiro atoms. The molecular formula is C24H29N7O. The lowest BCUT2D eigenvalue weighted by Crippen LogP contribution is -2.34. The minimum atomic E-state index is -0.250. The van der Waals surface area contributed by atoms with Crippen molar-refractivity contribution in [1.82, 2.24) is 34.7 Å². The molecule has 0 fully saturated rings. The maximum absolute atomic E-state index is 13.2. The maximum Gasteiger partial charge on any atom is 0.329 e. The molecule has 8 heteroatoms. The smallest absolute Gasteiger partial charge is 0.294 e. The lowest BCUT2D eigenvalue weighted by Gasteiger charge is -2.19. The number of hydrogen-bond donors (Lipinski definition) is 1. The number of imidazole rings is 1. The van der Waals surface area contributed by atoms with E-state index in [-0.39, 0.29) is 11.2 Å². The van der Waals surface area contributed by atoms with Crippen LogP contribution in [0, 0.1) is 0 Å². The van der Waals surface area contributed by atoms with E-state index in [1.807, 2.05) is 21.4 Å². The monoisotopic (exact) mass is 431 g/mol. The van der Waals surface area contributed by atoms with Gasteiger partial charge < -0.3 is 0 Å². The second-order valence-electron chi connectivity index (χ2n) is 9.00. The molecule has 4 aromatic rings. The third-order valence-corrected chi connectivity index (χ3v) is 5.60. The van der Waals surface area contributed by atoms with Crippen LogP contribution in [0.2, 0.25) is 0 Å². The van der Waals surface area contributed by atoms with E-state index < -0.39 is 0 Å². The fourth-order valence-electron chi connectivity index (χ4n) is 3.81. The normalized spacial score (nSPS) is 11.8. The topological polar surface area (TPSA) is 94.3 Å². The molecule has 1 aromatic carbocycles. The molecule has 0 atom stereocenters. The van der Waals surface area contributed by atoms with Crippen molar-refractivity contribution in [3.05, 3.63) is 70.7 Å². The third-order valence-electron chi connectivity index (χ3n) is 5.60. The molecular weight excluding hydrogens is 402 g/mol. The first-order valence-corrected chi connectivity index (χ1v) is 11.0. The van der Waals surface area contributed by atoms with Gasteiger partial charge in [0.25, 0.3) is 0 Å². The molecule has 4 rings (SSSR count). The highest BCUT2D eigenvalue weighted by Gasteiger charge is 2.20. The second-order valence-corrected chi connectivity index (χ2v) is 9.00. The number of rotatable bonds is 7. The number of hydrogen-bond acceptors (Lipinski definition) is 5. The van der Waals surface area contributed by atoms with Crippen LogP contribution in [-0.4, -0.2) is 34.7 Å². The number of nitrogens with one attached hydrogen (secondary N) is 1. The van der Waals surface area contributed by atoms with Gasteiger partial charge in [-0.25, -0.2) is 9.89 Å². The van der Waals surface area contributed by atoms with Crippen LogP contribution >= 0.6 is 0 Å². The summed E-state index contributed by atoms with van der Waals surface area (Å²) in [6.45, 7) is 8.91. The summed E-state index contributed by atoms with van der Waals surface area (Å²) in [5.74, 6) is 0.577. The zero-order valence-corrected chi connectivity index (χ0v) is 19.0. The molecule has 8 nitrogen and oxygen atoms in total. The van der Waals surface area contributed by atoms with Gasteiger partial charge in [0.05, 0.1) is 6.54 Å².